The van der Waals surface area contributed by atoms with Crippen LogP contribution < -0.4 is 5.32 Å². The maximum absolute atomic E-state index is 14.7. The number of carbonyl (C=O) groups excluding carboxylic acids is 3. The van der Waals surface area contributed by atoms with E-state index in [9.17, 15) is 18.8 Å². The third kappa shape index (κ3) is 4.00. The van der Waals surface area contributed by atoms with E-state index in [1.165, 1.54) is 36.5 Å². The molecule has 0 saturated heterocycles. The van der Waals surface area contributed by atoms with Crippen LogP contribution in [0.25, 0.3) is 0 Å². The Morgan fingerprint density at radius 3 is 2.59 bits per heavy atom. The van der Waals surface area contributed by atoms with Gasteiger partial charge in [0.2, 0.25) is 17.8 Å². The number of amides is 2. The SMILES string of the molecule is CN(CC(=O)Nc1ncc(C#N)cn1)C(=O)C1(c2c(C=O)ccc(Br)c2F)CC1. The minimum absolute atomic E-state index is 0.00254. The van der Waals surface area contributed by atoms with Gasteiger partial charge in [-0.25, -0.2) is 14.4 Å². The van der Waals surface area contributed by atoms with Gasteiger partial charge in [0.15, 0.2) is 0 Å². The zero-order valence-electron chi connectivity index (χ0n) is 15.3. The summed E-state index contributed by atoms with van der Waals surface area (Å²) in [4.78, 5) is 45.5. The first kappa shape index (κ1) is 20.5. The molecule has 0 bridgehead atoms. The molecule has 1 aromatic carbocycles. The molecule has 0 spiro atoms. The monoisotopic (exact) mass is 459 g/mol. The van der Waals surface area contributed by atoms with Crippen LogP contribution in [0.15, 0.2) is 29.0 Å². The summed E-state index contributed by atoms with van der Waals surface area (Å²) in [6, 6.07) is 4.73. The molecule has 29 heavy (non-hydrogen) atoms. The minimum Gasteiger partial charge on any atom is -0.336 e. The van der Waals surface area contributed by atoms with Crippen molar-refractivity contribution in [1.82, 2.24) is 14.9 Å². The van der Waals surface area contributed by atoms with E-state index in [-0.39, 0.29) is 33.7 Å². The Hall–Kier alpha value is -3.19. The largest absolute Gasteiger partial charge is 0.336 e. The number of carbonyl (C=O) groups is 3. The van der Waals surface area contributed by atoms with Crippen LogP contribution in [-0.4, -0.2) is 46.6 Å². The van der Waals surface area contributed by atoms with Crippen LogP contribution in [0.2, 0.25) is 0 Å². The van der Waals surface area contributed by atoms with Gasteiger partial charge in [-0.2, -0.15) is 5.26 Å². The third-order valence-electron chi connectivity index (χ3n) is 4.65. The molecule has 10 heteroatoms. The van der Waals surface area contributed by atoms with Crippen molar-refractivity contribution in [2.24, 2.45) is 0 Å². The quantitative estimate of drug-likeness (QED) is 0.661. The van der Waals surface area contributed by atoms with E-state index in [0.717, 1.165) is 0 Å². The maximum atomic E-state index is 14.7. The van der Waals surface area contributed by atoms with Gasteiger partial charge in [-0.15, -0.1) is 0 Å². The first-order valence-electron chi connectivity index (χ1n) is 8.53. The van der Waals surface area contributed by atoms with Gasteiger partial charge in [0.1, 0.15) is 18.2 Å². The van der Waals surface area contributed by atoms with E-state index < -0.39 is 23.0 Å². The molecule has 0 unspecified atom stereocenters. The summed E-state index contributed by atoms with van der Waals surface area (Å²) in [7, 11) is 1.43. The number of halogens is 2. The molecule has 3 rings (SSSR count). The van der Waals surface area contributed by atoms with Crippen LogP contribution in [-0.2, 0) is 15.0 Å². The third-order valence-corrected chi connectivity index (χ3v) is 5.26. The van der Waals surface area contributed by atoms with Gasteiger partial charge in [-0.05, 0) is 34.8 Å². The normalized spacial score (nSPS) is 13.9. The average Bonchev–Trinajstić information content (AvgIpc) is 3.51. The van der Waals surface area contributed by atoms with Crippen LogP contribution in [0, 0.1) is 17.1 Å². The molecule has 1 N–H and O–H groups in total. The standard InChI is InChI=1S/C19H15BrFN5O3/c1-26(9-14(28)25-18-23-7-11(6-22)8-24-18)17(29)19(4-5-19)15-12(10-27)2-3-13(20)16(15)21/h2-3,7-8,10H,4-5,9H2,1H3,(H,23,24,25,28). The summed E-state index contributed by atoms with van der Waals surface area (Å²) in [5, 5.41) is 11.2. The molecule has 1 aromatic heterocycles. The molecule has 1 fully saturated rings. The minimum atomic E-state index is -1.16. The molecule has 0 radical (unpaired) electrons. The first-order chi connectivity index (χ1) is 13.8. The predicted molar refractivity (Wildman–Crippen MR) is 103 cm³/mol. The van der Waals surface area contributed by atoms with Crippen molar-refractivity contribution >= 4 is 40.0 Å². The number of aldehydes is 1. The Labute approximate surface area is 173 Å². The molecule has 0 atom stereocenters. The van der Waals surface area contributed by atoms with Crippen LogP contribution in [0.3, 0.4) is 0 Å². The number of aromatic nitrogens is 2. The Morgan fingerprint density at radius 2 is 2.03 bits per heavy atom. The number of benzene rings is 1. The van der Waals surface area contributed by atoms with E-state index in [2.05, 4.69) is 31.2 Å². The lowest BCUT2D eigenvalue weighted by molar-refractivity contribution is -0.135. The van der Waals surface area contributed by atoms with Crippen molar-refractivity contribution in [3.8, 4) is 6.07 Å². The molecular weight excluding hydrogens is 445 g/mol. The zero-order valence-corrected chi connectivity index (χ0v) is 16.9. The van der Waals surface area contributed by atoms with Crippen molar-refractivity contribution in [2.75, 3.05) is 18.9 Å². The molecule has 1 aliphatic rings. The second-order valence-electron chi connectivity index (χ2n) is 6.64. The lowest BCUT2D eigenvalue weighted by Crippen LogP contribution is -2.42. The Kier molecular flexibility index (Phi) is 5.70. The number of nitrogens with one attached hydrogen (secondary N) is 1. The van der Waals surface area contributed by atoms with Gasteiger partial charge >= 0.3 is 0 Å². The number of rotatable bonds is 6. The van der Waals surface area contributed by atoms with Crippen molar-refractivity contribution < 1.29 is 18.8 Å². The Balaban J connectivity index is 1.75. The number of anilines is 1. The van der Waals surface area contributed by atoms with E-state index in [4.69, 9.17) is 5.26 Å². The fourth-order valence-corrected chi connectivity index (χ4v) is 3.44. The maximum Gasteiger partial charge on any atom is 0.246 e. The highest BCUT2D eigenvalue weighted by atomic mass is 79.9. The highest BCUT2D eigenvalue weighted by Gasteiger charge is 2.55. The van der Waals surface area contributed by atoms with Gasteiger partial charge in [-0.1, -0.05) is 6.07 Å². The highest BCUT2D eigenvalue weighted by molar-refractivity contribution is 9.10. The first-order valence-corrected chi connectivity index (χ1v) is 9.33. The van der Waals surface area contributed by atoms with E-state index in [0.29, 0.717) is 19.1 Å². The smallest absolute Gasteiger partial charge is 0.246 e. The topological polar surface area (TPSA) is 116 Å². The van der Waals surface area contributed by atoms with Crippen molar-refractivity contribution in [3.05, 3.63) is 51.5 Å². The number of likely N-dealkylation sites (N-methyl/N-ethyl adjacent to an activating group) is 1. The van der Waals surface area contributed by atoms with Crippen LogP contribution in [0.1, 0.15) is 34.3 Å². The predicted octanol–water partition coefficient (Wildman–Crippen LogP) is 2.19. The molecule has 1 saturated carbocycles. The van der Waals surface area contributed by atoms with Crippen molar-refractivity contribution in [2.45, 2.75) is 18.3 Å². The molecule has 2 amide bonds. The zero-order chi connectivity index (χ0) is 21.2. The molecule has 0 aliphatic heterocycles. The van der Waals surface area contributed by atoms with Gasteiger partial charge in [-0.3, -0.25) is 19.7 Å². The summed E-state index contributed by atoms with van der Waals surface area (Å²) in [5.41, 5.74) is -0.757. The van der Waals surface area contributed by atoms with Crippen molar-refractivity contribution in [1.29, 1.82) is 5.26 Å². The van der Waals surface area contributed by atoms with Gasteiger partial charge in [0.25, 0.3) is 0 Å². The Bertz CT molecular complexity index is 1030. The summed E-state index contributed by atoms with van der Waals surface area (Å²) in [5.74, 6) is -1.65. The van der Waals surface area contributed by atoms with E-state index in [1.54, 1.807) is 0 Å². The van der Waals surface area contributed by atoms with Crippen LogP contribution >= 0.6 is 15.9 Å². The van der Waals surface area contributed by atoms with Crippen molar-refractivity contribution in [3.63, 3.8) is 0 Å². The molecule has 8 nitrogen and oxygen atoms in total. The lowest BCUT2D eigenvalue weighted by Gasteiger charge is -2.25. The summed E-state index contributed by atoms with van der Waals surface area (Å²) < 4.78 is 14.9. The second kappa shape index (κ2) is 8.05. The molecule has 148 valence electrons. The summed E-state index contributed by atoms with van der Waals surface area (Å²) in [6.07, 6.45) is 3.80. The second-order valence-corrected chi connectivity index (χ2v) is 7.50. The number of hydrogen-bond donors (Lipinski definition) is 1. The highest BCUT2D eigenvalue weighted by Crippen LogP contribution is 2.52. The fourth-order valence-electron chi connectivity index (χ4n) is 3.11. The number of nitrogens with zero attached hydrogens (tertiary/aromatic N) is 4. The molecule has 2 aromatic rings. The molecular formula is C19H15BrFN5O3. The van der Waals surface area contributed by atoms with Gasteiger partial charge in [0, 0.05) is 18.2 Å². The molecule has 1 heterocycles. The number of nitriles is 1. The van der Waals surface area contributed by atoms with E-state index >= 15 is 0 Å². The average molecular weight is 460 g/mol. The fraction of sp³-hybridized carbons (Fsp3) is 0.263. The number of hydrogen-bond acceptors (Lipinski definition) is 6. The summed E-state index contributed by atoms with van der Waals surface area (Å²) in [6.45, 7) is -0.310. The lowest BCUT2D eigenvalue weighted by atomic mass is 9.89. The van der Waals surface area contributed by atoms with E-state index in [1.807, 2.05) is 6.07 Å². The van der Waals surface area contributed by atoms with Gasteiger partial charge < -0.3 is 4.90 Å². The summed E-state index contributed by atoms with van der Waals surface area (Å²) >= 11 is 3.09. The Morgan fingerprint density at radius 1 is 1.38 bits per heavy atom. The van der Waals surface area contributed by atoms with Crippen LogP contribution in [0.4, 0.5) is 10.3 Å². The van der Waals surface area contributed by atoms with Crippen LogP contribution in [0.5, 0.6) is 0 Å². The van der Waals surface area contributed by atoms with Gasteiger partial charge in [0.05, 0.1) is 34.4 Å². The molecule has 1 aliphatic carbocycles.